The van der Waals surface area contributed by atoms with Gasteiger partial charge in [0.15, 0.2) is 10.9 Å². The molecule has 1 aliphatic carbocycles. The molecule has 2 unspecified atom stereocenters. The first kappa shape index (κ1) is 32.7. The molecular formula is C31H30F4N4O7S2. The number of ether oxygens (including phenoxy) is 2. The largest absolute Gasteiger partial charge is 0.573 e. The second kappa shape index (κ2) is 12.6. The summed E-state index contributed by atoms with van der Waals surface area (Å²) in [6.45, 7) is 0.111. The van der Waals surface area contributed by atoms with Crippen LogP contribution in [0.1, 0.15) is 62.2 Å². The van der Waals surface area contributed by atoms with Crippen molar-refractivity contribution in [3.8, 4) is 17.0 Å². The van der Waals surface area contributed by atoms with Gasteiger partial charge >= 0.3 is 6.36 Å². The van der Waals surface area contributed by atoms with Crippen molar-refractivity contribution in [1.82, 2.24) is 10.1 Å². The summed E-state index contributed by atoms with van der Waals surface area (Å²) in [6.07, 6.45) is -0.611. The van der Waals surface area contributed by atoms with Crippen LogP contribution in [-0.4, -0.2) is 59.3 Å². The summed E-state index contributed by atoms with van der Waals surface area (Å²) in [5.41, 5.74) is 1.36. The van der Waals surface area contributed by atoms with Crippen LogP contribution in [0.25, 0.3) is 21.5 Å². The Kier molecular flexibility index (Phi) is 8.58. The van der Waals surface area contributed by atoms with E-state index in [9.17, 15) is 26.4 Å². The Bertz CT molecular complexity index is 1950. The Morgan fingerprint density at radius 1 is 1.12 bits per heavy atom. The Balaban J connectivity index is 1.05. The molecule has 17 heteroatoms. The summed E-state index contributed by atoms with van der Waals surface area (Å²) in [6, 6.07) is 8.67. The van der Waals surface area contributed by atoms with Gasteiger partial charge in [0.2, 0.25) is 5.91 Å². The number of amides is 1. The molecule has 0 radical (unpaired) electrons. The third-order valence-electron chi connectivity index (χ3n) is 8.82. The van der Waals surface area contributed by atoms with E-state index in [2.05, 4.69) is 25.1 Å². The van der Waals surface area contributed by atoms with Gasteiger partial charge in [-0.25, -0.2) is 9.37 Å². The topological polar surface area (TPSA) is 144 Å². The number of anilines is 2. The Labute approximate surface area is 275 Å². The third kappa shape index (κ3) is 7.13. The highest BCUT2D eigenvalue weighted by Crippen LogP contribution is 2.47. The highest BCUT2D eigenvalue weighted by atomic mass is 32.2. The first-order valence-electron chi connectivity index (χ1n) is 15.4. The Hall–Kier alpha value is -3.80. The quantitative estimate of drug-likeness (QED) is 0.126. The zero-order valence-corrected chi connectivity index (χ0v) is 26.8. The summed E-state index contributed by atoms with van der Waals surface area (Å²) in [5, 5.41) is 7.27. The molecule has 3 aliphatic rings. The fourth-order valence-electron chi connectivity index (χ4n) is 6.60. The number of nitrogens with zero attached hydrogens (tertiary/aromatic N) is 3. The number of aromatic nitrogens is 2. The lowest BCUT2D eigenvalue weighted by atomic mass is 10.00. The van der Waals surface area contributed by atoms with Gasteiger partial charge in [-0.2, -0.15) is 8.42 Å². The highest BCUT2D eigenvalue weighted by Gasteiger charge is 2.43. The molecule has 2 saturated heterocycles. The molecule has 3 fully saturated rings. The Morgan fingerprint density at radius 3 is 2.54 bits per heavy atom. The standard InChI is InChI=1S/C31H30F4N4O7S2/c32-23-11-17(36-26(40)9-10-48(41,42)43)12-25-28(23)37-30(47-25)39-18-7-8-19(39)14-20(13-18)44-15-22-27(38-46-29(22)16-5-6-16)21-3-1-2-4-24(21)45-31(33,34)35/h1-4,11-12,16,18-20H,5-10,13-15H2,(H,36,40)(H,41,42,43). The van der Waals surface area contributed by atoms with Crippen LogP contribution in [0.2, 0.25) is 0 Å². The molecule has 2 atom stereocenters. The van der Waals surface area contributed by atoms with Crippen LogP contribution in [0.5, 0.6) is 5.75 Å². The highest BCUT2D eigenvalue weighted by molar-refractivity contribution is 7.85. The van der Waals surface area contributed by atoms with E-state index in [1.165, 1.54) is 29.5 Å². The van der Waals surface area contributed by atoms with Gasteiger partial charge in [0.25, 0.3) is 10.1 Å². The van der Waals surface area contributed by atoms with Crippen LogP contribution < -0.4 is 15.0 Å². The maximum absolute atomic E-state index is 15.1. The average molecular weight is 711 g/mol. The van der Waals surface area contributed by atoms with Crippen LogP contribution in [0.3, 0.4) is 0 Å². The van der Waals surface area contributed by atoms with Crippen LogP contribution in [-0.2, 0) is 26.3 Å². The van der Waals surface area contributed by atoms with Crippen LogP contribution in [0.15, 0.2) is 40.9 Å². The van der Waals surface area contributed by atoms with Crippen LogP contribution in [0, 0.1) is 5.82 Å². The molecule has 1 amide bonds. The fourth-order valence-corrected chi connectivity index (χ4v) is 8.20. The minimum atomic E-state index is -4.87. The summed E-state index contributed by atoms with van der Waals surface area (Å²) < 4.78 is 102. The lowest BCUT2D eigenvalue weighted by molar-refractivity contribution is -0.274. The number of hydrogen-bond acceptors (Lipinski definition) is 10. The number of thiazole rings is 1. The average Bonchev–Trinajstić information content (AvgIpc) is 3.52. The predicted octanol–water partition coefficient (Wildman–Crippen LogP) is 6.80. The SMILES string of the molecule is O=C(CCS(=O)(=O)O)Nc1cc(F)c2nc(N3C4CCC3CC(OCc3c(-c5ccccc5OC(F)(F)F)noc3C3CC3)C4)sc2c1. The van der Waals surface area contributed by atoms with E-state index < -0.39 is 40.4 Å². The van der Waals surface area contributed by atoms with Gasteiger partial charge in [0.1, 0.15) is 22.7 Å². The van der Waals surface area contributed by atoms with Gasteiger partial charge in [-0.05, 0) is 62.8 Å². The lowest BCUT2D eigenvalue weighted by Gasteiger charge is -2.38. The summed E-state index contributed by atoms with van der Waals surface area (Å²) in [4.78, 5) is 18.9. The number of piperidine rings is 1. The molecule has 7 rings (SSSR count). The van der Waals surface area contributed by atoms with Crippen LogP contribution >= 0.6 is 11.3 Å². The molecule has 4 heterocycles. The minimum Gasteiger partial charge on any atom is -0.405 e. The number of nitrogens with one attached hydrogen (secondary N) is 1. The molecule has 48 heavy (non-hydrogen) atoms. The number of para-hydroxylation sites is 1. The van der Waals surface area contributed by atoms with Crippen molar-refractivity contribution in [2.24, 2.45) is 0 Å². The Morgan fingerprint density at radius 2 is 1.85 bits per heavy atom. The first-order chi connectivity index (χ1) is 22.8. The van der Waals surface area contributed by atoms with E-state index >= 15 is 4.39 Å². The molecule has 2 bridgehead atoms. The van der Waals surface area contributed by atoms with Crippen molar-refractivity contribution >= 4 is 48.4 Å². The second-order valence-corrected chi connectivity index (χ2v) is 14.9. The monoisotopic (exact) mass is 710 g/mol. The van der Waals surface area contributed by atoms with Gasteiger partial charge in [-0.15, -0.1) is 13.2 Å². The molecule has 1 saturated carbocycles. The van der Waals surface area contributed by atoms with E-state index in [0.717, 1.165) is 31.7 Å². The number of alkyl halides is 3. The molecule has 2 N–H and O–H groups in total. The molecule has 256 valence electrons. The predicted molar refractivity (Wildman–Crippen MR) is 167 cm³/mol. The van der Waals surface area contributed by atoms with Crippen molar-refractivity contribution in [3.63, 3.8) is 0 Å². The van der Waals surface area contributed by atoms with E-state index in [0.29, 0.717) is 34.0 Å². The molecule has 2 aromatic heterocycles. The zero-order chi connectivity index (χ0) is 33.8. The molecular weight excluding hydrogens is 680 g/mol. The summed E-state index contributed by atoms with van der Waals surface area (Å²) in [7, 11) is -4.31. The number of carbonyl (C=O) groups excluding carboxylic acids is 1. The van der Waals surface area contributed by atoms with Crippen LogP contribution in [0.4, 0.5) is 28.4 Å². The number of halogens is 4. The normalized spacial score (nSPS) is 21.2. The van der Waals surface area contributed by atoms with Gasteiger partial charge in [-0.3, -0.25) is 9.35 Å². The lowest BCUT2D eigenvalue weighted by Crippen LogP contribution is -2.45. The number of carbonyl (C=O) groups is 1. The smallest absolute Gasteiger partial charge is 0.405 e. The zero-order valence-electron chi connectivity index (χ0n) is 25.2. The molecule has 2 aromatic carbocycles. The number of rotatable bonds is 11. The van der Waals surface area contributed by atoms with Crippen molar-refractivity contribution < 1.29 is 49.3 Å². The number of benzene rings is 2. The minimum absolute atomic E-state index is 0.0720. The first-order valence-corrected chi connectivity index (χ1v) is 17.8. The van der Waals surface area contributed by atoms with Crippen molar-refractivity contribution in [1.29, 1.82) is 0 Å². The number of hydrogen-bond donors (Lipinski definition) is 2. The van der Waals surface area contributed by atoms with Crippen molar-refractivity contribution in [3.05, 3.63) is 53.5 Å². The van der Waals surface area contributed by atoms with Gasteiger partial charge in [-0.1, -0.05) is 28.6 Å². The summed E-state index contributed by atoms with van der Waals surface area (Å²) in [5.74, 6) is -1.67. The van der Waals surface area contributed by atoms with E-state index in [1.807, 2.05) is 0 Å². The van der Waals surface area contributed by atoms with Gasteiger partial charge < -0.3 is 24.2 Å². The van der Waals surface area contributed by atoms with Crippen molar-refractivity contribution in [2.75, 3.05) is 16.0 Å². The second-order valence-electron chi connectivity index (χ2n) is 12.3. The van der Waals surface area contributed by atoms with E-state index in [-0.39, 0.29) is 58.9 Å². The van der Waals surface area contributed by atoms with Gasteiger partial charge in [0.05, 0.1) is 23.2 Å². The van der Waals surface area contributed by atoms with E-state index in [4.69, 9.17) is 13.8 Å². The third-order valence-corrected chi connectivity index (χ3v) is 10.6. The van der Waals surface area contributed by atoms with E-state index in [1.54, 1.807) is 12.1 Å². The maximum Gasteiger partial charge on any atom is 0.573 e. The molecule has 11 nitrogen and oxygen atoms in total. The molecule has 4 aromatic rings. The summed E-state index contributed by atoms with van der Waals surface area (Å²) >= 11 is 1.29. The number of fused-ring (bicyclic) bond motifs is 3. The van der Waals surface area contributed by atoms with Gasteiger partial charge in [0, 0.05) is 41.2 Å². The molecule has 0 spiro atoms. The van der Waals surface area contributed by atoms with Crippen molar-refractivity contribution in [2.45, 2.75) is 82.0 Å². The molecule has 2 aliphatic heterocycles. The maximum atomic E-state index is 15.1. The fraction of sp³-hybridized carbons (Fsp3) is 0.452.